The number of hydrogen-bond acceptors (Lipinski definition) is 3. The van der Waals surface area contributed by atoms with Gasteiger partial charge in [-0.3, -0.25) is 9.10 Å². The summed E-state index contributed by atoms with van der Waals surface area (Å²) in [5.74, 6) is -0.364. The number of nitrogens with zero attached hydrogens (tertiary/aromatic N) is 1. The minimum atomic E-state index is -3.94. The molecule has 5 nitrogen and oxygen atoms in total. The molecule has 0 unspecified atom stereocenters. The second-order valence-corrected chi connectivity index (χ2v) is 10.1. The van der Waals surface area contributed by atoms with Crippen LogP contribution in [0.25, 0.3) is 0 Å². The van der Waals surface area contributed by atoms with Crippen molar-refractivity contribution in [3.8, 4) is 0 Å². The maximum Gasteiger partial charge on any atom is 0.264 e. The van der Waals surface area contributed by atoms with Gasteiger partial charge in [0.05, 0.1) is 17.1 Å². The highest BCUT2D eigenvalue weighted by molar-refractivity contribution is 7.92. The Balaban J connectivity index is 1.67. The molecule has 0 bridgehead atoms. The van der Waals surface area contributed by atoms with Crippen LogP contribution in [-0.2, 0) is 16.6 Å². The first-order chi connectivity index (χ1) is 16.3. The van der Waals surface area contributed by atoms with Crippen molar-refractivity contribution in [3.05, 3.63) is 125 Å². The van der Waals surface area contributed by atoms with Crippen LogP contribution in [0.4, 0.5) is 11.4 Å². The van der Waals surface area contributed by atoms with E-state index in [1.54, 1.807) is 36.4 Å². The van der Waals surface area contributed by atoms with Crippen molar-refractivity contribution in [2.75, 3.05) is 9.62 Å². The fourth-order valence-electron chi connectivity index (χ4n) is 3.83. The van der Waals surface area contributed by atoms with Crippen LogP contribution in [0.2, 0.25) is 0 Å². The summed E-state index contributed by atoms with van der Waals surface area (Å²) in [6, 6.07) is 30.3. The molecule has 6 heteroatoms. The monoisotopic (exact) mass is 470 g/mol. The summed E-state index contributed by atoms with van der Waals surface area (Å²) in [6.07, 6.45) is 0. The number of benzene rings is 4. The molecule has 0 saturated carbocycles. The zero-order valence-corrected chi connectivity index (χ0v) is 19.9. The summed E-state index contributed by atoms with van der Waals surface area (Å²) in [7, 11) is -3.94. The van der Waals surface area contributed by atoms with E-state index < -0.39 is 10.0 Å². The second-order valence-electron chi connectivity index (χ2n) is 8.19. The molecule has 4 aromatic carbocycles. The third-order valence-electron chi connectivity index (χ3n) is 5.38. The largest absolute Gasteiger partial charge is 0.322 e. The molecule has 0 saturated heterocycles. The summed E-state index contributed by atoms with van der Waals surface area (Å²) < 4.78 is 28.9. The molecule has 1 N–H and O–H groups in total. The van der Waals surface area contributed by atoms with Gasteiger partial charge in [-0.2, -0.15) is 0 Å². The van der Waals surface area contributed by atoms with Crippen molar-refractivity contribution < 1.29 is 13.2 Å². The highest BCUT2D eigenvalue weighted by Gasteiger charge is 2.26. The molecule has 0 spiro atoms. The zero-order chi connectivity index (χ0) is 24.1. The van der Waals surface area contributed by atoms with Gasteiger partial charge in [-0.15, -0.1) is 0 Å². The van der Waals surface area contributed by atoms with Gasteiger partial charge < -0.3 is 5.32 Å². The number of hydrogen-bond donors (Lipinski definition) is 1. The Labute approximate surface area is 200 Å². The first kappa shape index (κ1) is 23.3. The number of carbonyl (C=O) groups is 1. The quantitative estimate of drug-likeness (QED) is 0.363. The topological polar surface area (TPSA) is 66.5 Å². The van der Waals surface area contributed by atoms with E-state index in [4.69, 9.17) is 0 Å². The molecule has 172 valence electrons. The first-order valence-corrected chi connectivity index (χ1v) is 12.4. The molecule has 0 aromatic heterocycles. The molecule has 4 aromatic rings. The lowest BCUT2D eigenvalue weighted by molar-refractivity contribution is 0.102. The zero-order valence-electron chi connectivity index (χ0n) is 19.1. The van der Waals surface area contributed by atoms with Crippen LogP contribution in [-0.4, -0.2) is 14.3 Å². The summed E-state index contributed by atoms with van der Waals surface area (Å²) in [4.78, 5) is 13.0. The number of anilines is 2. The van der Waals surface area contributed by atoms with Gasteiger partial charge in [-0.05, 0) is 73.0 Å². The van der Waals surface area contributed by atoms with E-state index in [0.29, 0.717) is 11.4 Å². The van der Waals surface area contributed by atoms with E-state index in [1.807, 2.05) is 68.4 Å². The molecule has 0 aliphatic heterocycles. The summed E-state index contributed by atoms with van der Waals surface area (Å²) in [5, 5.41) is 2.87. The van der Waals surface area contributed by atoms with E-state index in [1.165, 1.54) is 16.4 Å². The summed E-state index contributed by atoms with van der Waals surface area (Å²) in [6.45, 7) is 4.09. The molecule has 0 atom stereocenters. The van der Waals surface area contributed by atoms with E-state index in [2.05, 4.69) is 5.32 Å². The van der Waals surface area contributed by atoms with Crippen LogP contribution in [0.3, 0.4) is 0 Å². The predicted octanol–water partition coefficient (Wildman–Crippen LogP) is 5.95. The molecule has 4 rings (SSSR count). The minimum Gasteiger partial charge on any atom is -0.322 e. The minimum absolute atomic E-state index is 0.0559. The van der Waals surface area contributed by atoms with E-state index in [-0.39, 0.29) is 22.9 Å². The van der Waals surface area contributed by atoms with Gasteiger partial charge in [0.25, 0.3) is 15.9 Å². The van der Waals surface area contributed by atoms with E-state index in [0.717, 1.165) is 16.7 Å². The van der Waals surface area contributed by atoms with Crippen LogP contribution in [0.15, 0.2) is 108 Å². The molecule has 34 heavy (non-hydrogen) atoms. The van der Waals surface area contributed by atoms with Crippen LogP contribution in [0.1, 0.15) is 27.0 Å². The van der Waals surface area contributed by atoms with Gasteiger partial charge in [-0.25, -0.2) is 8.42 Å². The lowest BCUT2D eigenvalue weighted by Crippen LogP contribution is -2.30. The molecular formula is C28H26N2O3S. The van der Waals surface area contributed by atoms with Crippen molar-refractivity contribution >= 4 is 27.3 Å². The third kappa shape index (κ3) is 5.35. The van der Waals surface area contributed by atoms with E-state index >= 15 is 0 Å². The van der Waals surface area contributed by atoms with Gasteiger partial charge in [0.2, 0.25) is 0 Å². The fourth-order valence-corrected chi connectivity index (χ4v) is 5.33. The number of amides is 1. The smallest absolute Gasteiger partial charge is 0.264 e. The summed E-state index contributed by atoms with van der Waals surface area (Å²) >= 11 is 0. The van der Waals surface area contributed by atoms with Gasteiger partial charge in [0.15, 0.2) is 0 Å². The Bertz CT molecular complexity index is 1380. The van der Waals surface area contributed by atoms with E-state index in [9.17, 15) is 13.2 Å². The Morgan fingerprint density at radius 1 is 0.765 bits per heavy atom. The average Bonchev–Trinajstić information content (AvgIpc) is 2.83. The van der Waals surface area contributed by atoms with Crippen LogP contribution >= 0.6 is 0 Å². The molecule has 0 heterocycles. The van der Waals surface area contributed by atoms with Crippen molar-refractivity contribution in [2.24, 2.45) is 0 Å². The van der Waals surface area contributed by atoms with Crippen LogP contribution < -0.4 is 9.62 Å². The maximum atomic E-state index is 13.8. The van der Waals surface area contributed by atoms with Gasteiger partial charge in [0, 0.05) is 11.3 Å². The average molecular weight is 471 g/mol. The molecule has 0 fully saturated rings. The SMILES string of the molecule is Cc1cc(C)cc(NC(=O)c2cccc(S(=O)(=O)N(Cc3ccccc3)c3ccccc3)c2)c1. The van der Waals surface area contributed by atoms with Crippen molar-refractivity contribution in [1.82, 2.24) is 0 Å². The normalized spacial score (nSPS) is 11.1. The standard InChI is InChI=1S/C28H26N2O3S/c1-21-16-22(2)18-25(17-21)29-28(31)24-12-9-15-27(19-24)34(32,33)30(26-13-7-4-8-14-26)20-23-10-5-3-6-11-23/h3-19H,20H2,1-2H3,(H,29,31). The number of para-hydroxylation sites is 1. The fraction of sp³-hybridized carbons (Fsp3) is 0.107. The van der Waals surface area contributed by atoms with Gasteiger partial charge in [-0.1, -0.05) is 60.7 Å². The van der Waals surface area contributed by atoms with Crippen LogP contribution in [0, 0.1) is 13.8 Å². The maximum absolute atomic E-state index is 13.8. The third-order valence-corrected chi connectivity index (χ3v) is 7.15. The highest BCUT2D eigenvalue weighted by atomic mass is 32.2. The number of rotatable bonds is 7. The summed E-state index contributed by atoms with van der Waals surface area (Å²) in [5.41, 5.74) is 4.42. The van der Waals surface area contributed by atoms with Crippen molar-refractivity contribution in [3.63, 3.8) is 0 Å². The number of sulfonamides is 1. The first-order valence-electron chi connectivity index (χ1n) is 10.9. The molecule has 0 radical (unpaired) electrons. The lowest BCUT2D eigenvalue weighted by Gasteiger charge is -2.25. The predicted molar refractivity (Wildman–Crippen MR) is 137 cm³/mol. The van der Waals surface area contributed by atoms with Crippen molar-refractivity contribution in [1.29, 1.82) is 0 Å². The van der Waals surface area contributed by atoms with Crippen LogP contribution in [0.5, 0.6) is 0 Å². The number of aryl methyl sites for hydroxylation is 2. The Morgan fingerprint density at radius 3 is 2.03 bits per heavy atom. The second kappa shape index (κ2) is 9.93. The van der Waals surface area contributed by atoms with Crippen molar-refractivity contribution in [2.45, 2.75) is 25.3 Å². The molecule has 1 amide bonds. The highest BCUT2D eigenvalue weighted by Crippen LogP contribution is 2.26. The molecular weight excluding hydrogens is 444 g/mol. The Hall–Kier alpha value is -3.90. The van der Waals surface area contributed by atoms with Gasteiger partial charge >= 0.3 is 0 Å². The number of nitrogens with one attached hydrogen (secondary N) is 1. The molecule has 0 aliphatic rings. The number of carbonyl (C=O) groups excluding carboxylic acids is 1. The van der Waals surface area contributed by atoms with Gasteiger partial charge in [0.1, 0.15) is 0 Å². The molecule has 0 aliphatic carbocycles. The Morgan fingerprint density at radius 2 is 1.38 bits per heavy atom. The lowest BCUT2D eigenvalue weighted by atomic mass is 10.1. The Kier molecular flexibility index (Phi) is 6.80.